The standard InChI is InChI=1S/2C19H28N6O3S.2CH2Cl2.Fe/c2*1-13(2)16-7-10-23(20-16)19(29(26,27)28,24-11-8-17(21-24)14(3)4)25-12-9-18(22-25)15(5)6;2*2-1-3;/h2*7-15H,1-6H3,(H,26,27,28);2*1H2;/q;;;;+2/p-2. The largest absolute Gasteiger partial charge is 2.00 e. The Balaban J connectivity index is 0.000000393. The Morgan fingerprint density at radius 2 is 0.523 bits per heavy atom. The van der Waals surface area contributed by atoms with Crippen molar-refractivity contribution in [2.75, 3.05) is 10.7 Å². The van der Waals surface area contributed by atoms with Crippen LogP contribution in [-0.2, 0) is 47.5 Å². The maximum atomic E-state index is 12.9. The zero-order valence-electron chi connectivity index (χ0n) is 38.3. The molecule has 0 bridgehead atoms. The molecule has 0 aliphatic heterocycles. The van der Waals surface area contributed by atoms with Gasteiger partial charge in [0, 0.05) is 37.2 Å². The van der Waals surface area contributed by atoms with Crippen LogP contribution in [0.15, 0.2) is 73.6 Å². The zero-order valence-corrected chi connectivity index (χ0v) is 44.1. The first kappa shape index (κ1) is 57.9. The van der Waals surface area contributed by atoms with Gasteiger partial charge < -0.3 is 9.11 Å². The molecule has 0 N–H and O–H groups in total. The summed E-state index contributed by atoms with van der Waals surface area (Å²) >= 11 is 19.1. The minimum absolute atomic E-state index is 0. The minimum atomic E-state index is -5.07. The monoisotopic (exact) mass is 1060 g/mol. The minimum Gasteiger partial charge on any atom is -0.743 e. The fourth-order valence-electron chi connectivity index (χ4n) is 6.17. The molecule has 0 atom stereocenters. The molecule has 25 heteroatoms. The van der Waals surface area contributed by atoms with Gasteiger partial charge in [-0.1, -0.05) is 83.1 Å². The van der Waals surface area contributed by atoms with Crippen LogP contribution >= 0.6 is 46.4 Å². The van der Waals surface area contributed by atoms with E-state index in [1.165, 1.54) is 37.2 Å². The second kappa shape index (κ2) is 24.2. The Morgan fingerprint density at radius 3 is 0.600 bits per heavy atom. The van der Waals surface area contributed by atoms with Crippen molar-refractivity contribution in [1.29, 1.82) is 0 Å². The van der Waals surface area contributed by atoms with Gasteiger partial charge in [-0.25, -0.2) is 44.9 Å². The molecule has 6 rings (SSSR count). The van der Waals surface area contributed by atoms with Crippen LogP contribution in [-0.4, -0.2) is 95.3 Å². The normalized spacial score (nSPS) is 12.3. The van der Waals surface area contributed by atoms with Gasteiger partial charge in [0.15, 0.2) is 20.2 Å². The summed E-state index contributed by atoms with van der Waals surface area (Å²) in [6, 6.07) is 10.2. The van der Waals surface area contributed by atoms with Crippen molar-refractivity contribution in [2.24, 2.45) is 0 Å². The van der Waals surface area contributed by atoms with Crippen LogP contribution < -0.4 is 0 Å². The number of nitrogens with zero attached hydrogens (tertiary/aromatic N) is 12. The second-order valence-electron chi connectivity index (χ2n) is 16.3. The predicted octanol–water partition coefficient (Wildman–Crippen LogP) is 8.55. The third-order valence-corrected chi connectivity index (χ3v) is 12.1. The molecule has 6 aromatic heterocycles. The van der Waals surface area contributed by atoms with E-state index < -0.39 is 30.5 Å². The molecule has 0 aliphatic rings. The Labute approximate surface area is 412 Å². The third kappa shape index (κ3) is 12.7. The van der Waals surface area contributed by atoms with Crippen molar-refractivity contribution in [1.82, 2.24) is 58.7 Å². The first-order valence-electron chi connectivity index (χ1n) is 20.3. The molecule has 0 saturated heterocycles. The Hall–Kier alpha value is -3.24. The van der Waals surface area contributed by atoms with E-state index in [1.807, 2.05) is 83.1 Å². The maximum Gasteiger partial charge on any atom is 2.00 e. The van der Waals surface area contributed by atoms with E-state index in [0.717, 1.165) is 28.1 Å². The van der Waals surface area contributed by atoms with Crippen molar-refractivity contribution in [3.8, 4) is 0 Å². The van der Waals surface area contributed by atoms with Gasteiger partial charge in [0.05, 0.1) is 44.8 Å². The molecule has 0 spiro atoms. The number of halogens is 4. The molecule has 65 heavy (non-hydrogen) atoms. The summed E-state index contributed by atoms with van der Waals surface area (Å²) in [4.78, 5) is 0. The number of hydrogen-bond acceptors (Lipinski definition) is 12. The van der Waals surface area contributed by atoms with Crippen LogP contribution in [0.2, 0.25) is 0 Å². The van der Waals surface area contributed by atoms with Crippen LogP contribution in [0.25, 0.3) is 0 Å². The van der Waals surface area contributed by atoms with Crippen LogP contribution in [0.5, 0.6) is 0 Å². The molecule has 362 valence electrons. The molecular weight excluding hydrogens is 1010 g/mol. The summed E-state index contributed by atoms with van der Waals surface area (Å²) in [5, 5.41) is 22.3. The number of hydrogen-bond donors (Lipinski definition) is 0. The Bertz CT molecular complexity index is 2190. The zero-order chi connectivity index (χ0) is 48.5. The molecule has 0 radical (unpaired) electrons. The summed E-state index contributed by atoms with van der Waals surface area (Å²) in [6.45, 7) is 23.3. The number of rotatable bonds is 14. The first-order valence-corrected chi connectivity index (χ1v) is 25.3. The summed E-state index contributed by atoms with van der Waals surface area (Å²) < 4.78 is 84.0. The third-order valence-electron chi connectivity index (χ3n) is 9.67. The summed E-state index contributed by atoms with van der Waals surface area (Å²) in [5.74, 6) is 0.311. The van der Waals surface area contributed by atoms with Crippen LogP contribution in [0, 0.1) is 0 Å². The second-order valence-corrected chi connectivity index (χ2v) is 20.8. The summed E-state index contributed by atoms with van der Waals surface area (Å²) in [6.07, 6.45) is 8.91. The number of alkyl halides is 4. The van der Waals surface area contributed by atoms with Gasteiger partial charge in [-0.05, 0) is 71.9 Å². The molecule has 0 unspecified atom stereocenters. The Morgan fingerprint density at radius 1 is 0.400 bits per heavy atom. The predicted molar refractivity (Wildman–Crippen MR) is 248 cm³/mol. The van der Waals surface area contributed by atoms with Crippen molar-refractivity contribution in [2.45, 2.75) is 129 Å². The van der Waals surface area contributed by atoms with Gasteiger partial charge in [0.2, 0.25) is 0 Å². The van der Waals surface area contributed by atoms with Crippen LogP contribution in [0.1, 0.15) is 153 Å². The Kier molecular flexibility index (Phi) is 21.5. The van der Waals surface area contributed by atoms with Gasteiger partial charge in [0.1, 0.15) is 0 Å². The molecule has 0 saturated carbocycles. The van der Waals surface area contributed by atoms with Gasteiger partial charge >= 0.3 is 27.3 Å². The van der Waals surface area contributed by atoms with E-state index >= 15 is 0 Å². The molecule has 6 heterocycles. The molecule has 6 aromatic rings. The fraction of sp³-hybridized carbons (Fsp3) is 0.550. The molecule has 0 fully saturated rings. The van der Waals surface area contributed by atoms with Gasteiger partial charge in [-0.2, -0.15) is 30.6 Å². The van der Waals surface area contributed by atoms with Crippen molar-refractivity contribution >= 4 is 66.6 Å². The summed E-state index contributed by atoms with van der Waals surface area (Å²) in [5.41, 5.74) is 3.95. The average molecular weight is 1060 g/mol. The van der Waals surface area contributed by atoms with E-state index in [-0.39, 0.29) is 63.3 Å². The van der Waals surface area contributed by atoms with Crippen LogP contribution in [0.3, 0.4) is 0 Å². The van der Waals surface area contributed by atoms with E-state index in [4.69, 9.17) is 46.4 Å². The fourth-order valence-corrected chi connectivity index (χ4v) is 8.15. The smallest absolute Gasteiger partial charge is 0.743 e. The van der Waals surface area contributed by atoms with E-state index in [0.29, 0.717) is 34.2 Å². The van der Waals surface area contributed by atoms with Crippen LogP contribution in [0.4, 0.5) is 0 Å². The molecule has 18 nitrogen and oxygen atoms in total. The molecule has 0 aliphatic carbocycles. The van der Waals surface area contributed by atoms with E-state index in [2.05, 4.69) is 30.6 Å². The molecular formula is C40H58Cl4FeN12O6S2. The topological polar surface area (TPSA) is 221 Å². The van der Waals surface area contributed by atoms with Gasteiger partial charge in [0.25, 0.3) is 0 Å². The molecule has 0 amide bonds. The average Bonchev–Trinajstić information content (AvgIpc) is 4.05. The SMILES string of the molecule is CC(C)c1ccn(C(n2ccc(C(C)C)n2)(n2ccc(C(C)C)n2)S(=O)(=O)[O-])n1.CC(C)c1ccn(C(n2ccc(C(C)C)n2)(n2ccc(C(C)C)n2)S(=O)(=O)[O-])n1.ClCCl.ClCCl.[Fe+2]. The number of aromatic nitrogens is 12. The van der Waals surface area contributed by atoms with E-state index in [9.17, 15) is 25.9 Å². The van der Waals surface area contributed by atoms with Crippen molar-refractivity contribution < 1.29 is 43.0 Å². The van der Waals surface area contributed by atoms with Crippen molar-refractivity contribution in [3.63, 3.8) is 0 Å². The maximum absolute atomic E-state index is 12.9. The molecule has 0 aromatic carbocycles. The van der Waals surface area contributed by atoms with Crippen molar-refractivity contribution in [3.05, 3.63) is 108 Å². The quantitative estimate of drug-likeness (QED) is 0.0569. The first-order chi connectivity index (χ1) is 29.8. The summed E-state index contributed by atoms with van der Waals surface area (Å²) in [7, 11) is -10.1. The van der Waals surface area contributed by atoms with E-state index in [1.54, 1.807) is 36.4 Å². The van der Waals surface area contributed by atoms with Gasteiger partial charge in [-0.15, -0.1) is 46.4 Å². The van der Waals surface area contributed by atoms with Gasteiger partial charge in [-0.3, -0.25) is 0 Å².